The lowest BCUT2D eigenvalue weighted by atomic mass is 10.00. The van der Waals surface area contributed by atoms with Crippen molar-refractivity contribution in [1.29, 1.82) is 0 Å². The average Bonchev–Trinajstić information content (AvgIpc) is 3.80. The van der Waals surface area contributed by atoms with E-state index >= 15 is 8.78 Å². The van der Waals surface area contributed by atoms with Crippen molar-refractivity contribution in [2.75, 3.05) is 52.1 Å². The van der Waals surface area contributed by atoms with Gasteiger partial charge in [-0.2, -0.15) is 5.10 Å². The van der Waals surface area contributed by atoms with Gasteiger partial charge in [0.05, 0.1) is 40.1 Å². The van der Waals surface area contributed by atoms with E-state index in [9.17, 15) is 14.4 Å². The van der Waals surface area contributed by atoms with Crippen LogP contribution in [-0.2, 0) is 11.8 Å². The average molecular weight is 744 g/mol. The van der Waals surface area contributed by atoms with Crippen molar-refractivity contribution in [2.24, 2.45) is 13.0 Å². The largest absolute Gasteiger partial charge is 0.339 e. The maximum Gasteiger partial charge on any atom is 0.291 e. The van der Waals surface area contributed by atoms with Crippen molar-refractivity contribution in [3.63, 3.8) is 0 Å². The molecule has 0 aliphatic carbocycles. The number of pyridine rings is 1. The van der Waals surface area contributed by atoms with Gasteiger partial charge >= 0.3 is 0 Å². The highest BCUT2D eigenvalue weighted by molar-refractivity contribution is 6.34. The summed E-state index contributed by atoms with van der Waals surface area (Å²) in [5, 5.41) is 9.66. The molecule has 1 fully saturated rings. The standard InChI is InChI=1S/C38H40ClF2N9O3/c1-5-23(13-15-47(2)3)37(52)49-16-18-50(19-17-49)38(53)26-10-9-24(20-29(26)39)45-36(51)35-43-22-31(48(35)4)27-12-11-25(32(40)33(27)41)28-21-44-46-34(28)30-8-6-7-14-42-30/h6-12,14,20-23H,5,13,15-19H2,1-4H3,(H,44,46)(H,45,51). The summed E-state index contributed by atoms with van der Waals surface area (Å²) in [5.74, 6) is -3.09. The third-order valence-corrected chi connectivity index (χ3v) is 9.82. The van der Waals surface area contributed by atoms with E-state index in [1.165, 1.54) is 48.3 Å². The Morgan fingerprint density at radius 3 is 2.34 bits per heavy atom. The summed E-state index contributed by atoms with van der Waals surface area (Å²) in [4.78, 5) is 53.8. The van der Waals surface area contributed by atoms with Crippen LogP contribution < -0.4 is 5.32 Å². The Hall–Kier alpha value is -5.47. The van der Waals surface area contributed by atoms with Crippen molar-refractivity contribution in [2.45, 2.75) is 19.8 Å². The predicted octanol–water partition coefficient (Wildman–Crippen LogP) is 5.99. The number of anilines is 1. The monoisotopic (exact) mass is 743 g/mol. The Morgan fingerprint density at radius 2 is 1.66 bits per heavy atom. The first kappa shape index (κ1) is 37.3. The van der Waals surface area contributed by atoms with Crippen LogP contribution in [0.2, 0.25) is 5.02 Å². The number of H-pyrrole nitrogens is 1. The Morgan fingerprint density at radius 1 is 0.943 bits per heavy atom. The van der Waals surface area contributed by atoms with Crippen molar-refractivity contribution >= 4 is 35.0 Å². The van der Waals surface area contributed by atoms with Crippen LogP contribution in [0.4, 0.5) is 14.5 Å². The molecule has 4 heterocycles. The summed E-state index contributed by atoms with van der Waals surface area (Å²) in [6.45, 7) is 4.50. The number of amides is 3. The molecule has 0 bridgehead atoms. The number of rotatable bonds is 11. The molecule has 12 nitrogen and oxygen atoms in total. The third kappa shape index (κ3) is 7.83. The van der Waals surface area contributed by atoms with Crippen molar-refractivity contribution in [1.82, 2.24) is 39.4 Å². The molecular weight excluding hydrogens is 704 g/mol. The summed E-state index contributed by atoms with van der Waals surface area (Å²) in [6.07, 6.45) is 5.84. The Bertz CT molecular complexity index is 2130. The zero-order valence-corrected chi connectivity index (χ0v) is 30.6. The van der Waals surface area contributed by atoms with Gasteiger partial charge in [-0.1, -0.05) is 30.7 Å². The number of nitrogens with zero attached hydrogens (tertiary/aromatic N) is 7. The van der Waals surface area contributed by atoms with Crippen LogP contribution in [0.1, 0.15) is 40.7 Å². The van der Waals surface area contributed by atoms with E-state index in [4.69, 9.17) is 11.6 Å². The van der Waals surface area contributed by atoms with E-state index in [0.717, 1.165) is 19.4 Å². The topological polar surface area (TPSA) is 132 Å². The number of aromatic amines is 1. The Labute approximate surface area is 310 Å². The molecule has 15 heteroatoms. The molecule has 3 aromatic heterocycles. The molecule has 1 aliphatic heterocycles. The van der Waals surface area contributed by atoms with Crippen molar-refractivity contribution in [3.05, 3.63) is 95.2 Å². The molecule has 5 aromatic rings. The van der Waals surface area contributed by atoms with Crippen LogP contribution in [-0.4, -0.2) is 104 Å². The Kier molecular flexibility index (Phi) is 11.3. The van der Waals surface area contributed by atoms with Gasteiger partial charge in [-0.15, -0.1) is 0 Å². The summed E-state index contributed by atoms with van der Waals surface area (Å²) in [6, 6.07) is 12.7. The second-order valence-electron chi connectivity index (χ2n) is 13.2. The highest BCUT2D eigenvalue weighted by Gasteiger charge is 2.30. The minimum atomic E-state index is -1.11. The second kappa shape index (κ2) is 16.0. The fourth-order valence-corrected chi connectivity index (χ4v) is 6.71. The smallest absolute Gasteiger partial charge is 0.291 e. The molecule has 1 saturated heterocycles. The van der Waals surface area contributed by atoms with Gasteiger partial charge in [0.1, 0.15) is 0 Å². The van der Waals surface area contributed by atoms with Gasteiger partial charge in [-0.05, 0) is 69.9 Å². The number of hydrogen-bond donors (Lipinski definition) is 2. The second-order valence-corrected chi connectivity index (χ2v) is 13.6. The maximum absolute atomic E-state index is 15.6. The van der Waals surface area contributed by atoms with Crippen molar-refractivity contribution < 1.29 is 23.2 Å². The minimum Gasteiger partial charge on any atom is -0.339 e. The maximum atomic E-state index is 15.6. The molecule has 2 aromatic carbocycles. The first-order valence-corrected chi connectivity index (χ1v) is 17.6. The van der Waals surface area contributed by atoms with Crippen molar-refractivity contribution in [3.8, 4) is 33.8 Å². The molecule has 1 unspecified atom stereocenters. The van der Waals surface area contributed by atoms with E-state index < -0.39 is 17.5 Å². The highest BCUT2D eigenvalue weighted by Crippen LogP contribution is 2.35. The number of carbonyl (C=O) groups is 3. The number of imidazole rings is 1. The first-order chi connectivity index (χ1) is 25.5. The lowest BCUT2D eigenvalue weighted by molar-refractivity contribution is -0.137. The van der Waals surface area contributed by atoms with Crippen LogP contribution in [0.3, 0.4) is 0 Å². The molecular formula is C38H40ClF2N9O3. The van der Waals surface area contributed by atoms with Gasteiger partial charge < -0.3 is 24.6 Å². The fraction of sp³-hybridized carbons (Fsp3) is 0.316. The molecule has 1 atom stereocenters. The summed E-state index contributed by atoms with van der Waals surface area (Å²) in [7, 11) is 5.49. The van der Waals surface area contributed by atoms with E-state index in [0.29, 0.717) is 48.8 Å². The van der Waals surface area contributed by atoms with E-state index in [-0.39, 0.29) is 51.0 Å². The summed E-state index contributed by atoms with van der Waals surface area (Å²) in [5.41, 5.74) is 1.96. The molecule has 276 valence electrons. The Balaban J connectivity index is 1.11. The predicted molar refractivity (Wildman–Crippen MR) is 198 cm³/mol. The van der Waals surface area contributed by atoms with Gasteiger partial charge in [-0.25, -0.2) is 13.8 Å². The lowest BCUT2D eigenvalue weighted by Crippen LogP contribution is -2.52. The fourth-order valence-electron chi connectivity index (χ4n) is 6.45. The highest BCUT2D eigenvalue weighted by atomic mass is 35.5. The first-order valence-electron chi connectivity index (χ1n) is 17.3. The molecule has 6 rings (SSSR count). The van der Waals surface area contributed by atoms with Gasteiger partial charge in [0.15, 0.2) is 17.5 Å². The van der Waals surface area contributed by atoms with Crippen LogP contribution in [0.25, 0.3) is 33.8 Å². The quantitative estimate of drug-likeness (QED) is 0.170. The number of hydrogen-bond acceptors (Lipinski definition) is 7. The zero-order chi connectivity index (χ0) is 37.8. The van der Waals surface area contributed by atoms with E-state index in [1.807, 2.05) is 25.9 Å². The molecule has 1 aliphatic rings. The molecule has 2 N–H and O–H groups in total. The van der Waals surface area contributed by atoms with Gasteiger partial charge in [-0.3, -0.25) is 24.5 Å². The van der Waals surface area contributed by atoms with Crippen LogP contribution in [0, 0.1) is 17.6 Å². The normalized spacial score (nSPS) is 13.7. The molecule has 3 amide bonds. The SMILES string of the molecule is CCC(CCN(C)C)C(=O)N1CCN(C(=O)c2ccc(NC(=O)c3ncc(-c4ccc(-c5cn[nH]c5-c5ccccn5)c(F)c4F)n3C)cc2Cl)CC1. The van der Waals surface area contributed by atoms with Crippen LogP contribution in [0.15, 0.2) is 67.1 Å². The molecule has 0 saturated carbocycles. The number of halogens is 3. The summed E-state index contributed by atoms with van der Waals surface area (Å²) >= 11 is 6.54. The number of aromatic nitrogens is 5. The van der Waals surface area contributed by atoms with E-state index in [2.05, 4.69) is 30.4 Å². The van der Waals surface area contributed by atoms with Crippen LogP contribution in [0.5, 0.6) is 0 Å². The number of piperazine rings is 1. The van der Waals surface area contributed by atoms with Gasteiger partial charge in [0.2, 0.25) is 5.91 Å². The summed E-state index contributed by atoms with van der Waals surface area (Å²) < 4.78 is 32.6. The number of carbonyl (C=O) groups excluding carboxylic acids is 3. The molecule has 0 spiro atoms. The lowest BCUT2D eigenvalue weighted by Gasteiger charge is -2.36. The third-order valence-electron chi connectivity index (χ3n) is 9.50. The van der Waals surface area contributed by atoms with Crippen LogP contribution >= 0.6 is 11.6 Å². The zero-order valence-electron chi connectivity index (χ0n) is 29.9. The molecule has 0 radical (unpaired) electrons. The minimum absolute atomic E-state index is 0.00627. The van der Waals surface area contributed by atoms with Gasteiger partial charge in [0, 0.05) is 67.7 Å². The number of nitrogens with one attached hydrogen (secondary N) is 2. The van der Waals surface area contributed by atoms with Gasteiger partial charge in [0.25, 0.3) is 11.8 Å². The number of benzene rings is 2. The molecule has 53 heavy (non-hydrogen) atoms. The van der Waals surface area contributed by atoms with E-state index in [1.54, 1.807) is 35.4 Å².